The van der Waals surface area contributed by atoms with Gasteiger partial charge in [0.2, 0.25) is 0 Å². The van der Waals surface area contributed by atoms with Crippen molar-refractivity contribution in [1.29, 1.82) is 0 Å². The molecule has 0 N–H and O–H groups in total. The number of anilines is 1. The second-order valence-electron chi connectivity index (χ2n) is 6.05. The number of fused-ring (bicyclic) bond motifs is 1. The Balaban J connectivity index is 1.81. The van der Waals surface area contributed by atoms with Crippen LogP contribution in [0, 0.1) is 0 Å². The van der Waals surface area contributed by atoms with Crippen molar-refractivity contribution in [3.8, 4) is 11.4 Å². The number of hydrogen-bond donors (Lipinski definition) is 0. The molecule has 23 heavy (non-hydrogen) atoms. The minimum atomic E-state index is 0.643. The molecule has 1 aliphatic rings. The molecule has 0 unspecified atom stereocenters. The van der Waals surface area contributed by atoms with Gasteiger partial charge >= 0.3 is 0 Å². The number of imidazole rings is 1. The summed E-state index contributed by atoms with van der Waals surface area (Å²) in [7, 11) is 2.03. The normalized spacial score (nSPS) is 15.3. The number of aryl methyl sites for hydroxylation is 1. The summed E-state index contributed by atoms with van der Waals surface area (Å²) in [6, 6.07) is 10.2. The van der Waals surface area contributed by atoms with E-state index in [1.54, 1.807) is 6.20 Å². The van der Waals surface area contributed by atoms with Crippen molar-refractivity contribution >= 4 is 28.5 Å². The van der Waals surface area contributed by atoms with Gasteiger partial charge < -0.3 is 9.47 Å². The number of halogens is 1. The lowest BCUT2D eigenvalue weighted by Crippen LogP contribution is -2.30. The summed E-state index contributed by atoms with van der Waals surface area (Å²) in [4.78, 5) is 11.6. The average molecular weight is 327 g/mol. The van der Waals surface area contributed by atoms with Crippen LogP contribution in [0.1, 0.15) is 19.3 Å². The van der Waals surface area contributed by atoms with E-state index in [4.69, 9.17) is 16.6 Å². The first-order valence-corrected chi connectivity index (χ1v) is 8.44. The van der Waals surface area contributed by atoms with Crippen LogP contribution in [0.4, 0.5) is 5.82 Å². The Bertz CT molecular complexity index is 849. The Morgan fingerprint density at radius 2 is 1.87 bits per heavy atom. The summed E-state index contributed by atoms with van der Waals surface area (Å²) in [5.74, 6) is 1.88. The lowest BCUT2D eigenvalue weighted by molar-refractivity contribution is 0.573. The van der Waals surface area contributed by atoms with Crippen LogP contribution in [0.15, 0.2) is 36.5 Å². The van der Waals surface area contributed by atoms with E-state index < -0.39 is 0 Å². The summed E-state index contributed by atoms with van der Waals surface area (Å²) in [6.45, 7) is 2.13. The van der Waals surface area contributed by atoms with E-state index in [0.29, 0.717) is 5.02 Å². The van der Waals surface area contributed by atoms with E-state index in [9.17, 15) is 0 Å². The van der Waals surface area contributed by atoms with Gasteiger partial charge in [-0.3, -0.25) is 0 Å². The summed E-state index contributed by atoms with van der Waals surface area (Å²) in [5.41, 5.74) is 3.04. The highest BCUT2D eigenvalue weighted by molar-refractivity contribution is 6.33. The summed E-state index contributed by atoms with van der Waals surface area (Å²) in [6.07, 6.45) is 5.51. The first kappa shape index (κ1) is 14.5. The van der Waals surface area contributed by atoms with Crippen LogP contribution in [0.25, 0.3) is 22.4 Å². The Morgan fingerprint density at radius 3 is 2.65 bits per heavy atom. The molecule has 1 saturated heterocycles. The second kappa shape index (κ2) is 5.85. The lowest BCUT2D eigenvalue weighted by atomic mass is 10.1. The fraction of sp³-hybridized carbons (Fsp3) is 0.333. The number of para-hydroxylation sites is 2. The summed E-state index contributed by atoms with van der Waals surface area (Å²) < 4.78 is 2.09. The number of benzene rings is 1. The zero-order chi connectivity index (χ0) is 15.8. The molecule has 0 spiro atoms. The van der Waals surface area contributed by atoms with Crippen LogP contribution in [-0.4, -0.2) is 27.6 Å². The molecule has 0 aliphatic carbocycles. The van der Waals surface area contributed by atoms with Gasteiger partial charge in [0.05, 0.1) is 16.1 Å². The quantitative estimate of drug-likeness (QED) is 0.705. The molecule has 0 amide bonds. The van der Waals surface area contributed by atoms with Gasteiger partial charge in [-0.2, -0.15) is 0 Å². The molecule has 3 aromatic rings. The molecular weight excluding hydrogens is 308 g/mol. The number of aromatic nitrogens is 3. The zero-order valence-corrected chi connectivity index (χ0v) is 13.9. The molecule has 1 fully saturated rings. The largest absolute Gasteiger partial charge is 0.357 e. The van der Waals surface area contributed by atoms with Crippen LogP contribution in [-0.2, 0) is 7.05 Å². The summed E-state index contributed by atoms with van der Waals surface area (Å²) in [5, 5.41) is 0.643. The van der Waals surface area contributed by atoms with E-state index in [1.165, 1.54) is 19.3 Å². The Kier molecular flexibility index (Phi) is 3.69. The van der Waals surface area contributed by atoms with Crippen LogP contribution >= 0.6 is 11.6 Å². The van der Waals surface area contributed by atoms with Gasteiger partial charge in [-0.1, -0.05) is 23.7 Å². The Morgan fingerprint density at radius 1 is 1.09 bits per heavy atom. The maximum Gasteiger partial charge on any atom is 0.142 e. The number of rotatable bonds is 2. The second-order valence-corrected chi connectivity index (χ2v) is 6.46. The predicted molar refractivity (Wildman–Crippen MR) is 95.0 cm³/mol. The summed E-state index contributed by atoms with van der Waals surface area (Å²) >= 11 is 6.43. The first-order valence-electron chi connectivity index (χ1n) is 8.06. The fourth-order valence-corrected chi connectivity index (χ4v) is 3.47. The highest BCUT2D eigenvalue weighted by atomic mass is 35.5. The minimum absolute atomic E-state index is 0.643. The van der Waals surface area contributed by atoms with Crippen LogP contribution in [0.3, 0.4) is 0 Å². The number of nitrogens with zero attached hydrogens (tertiary/aromatic N) is 4. The van der Waals surface area contributed by atoms with Crippen molar-refractivity contribution in [2.24, 2.45) is 7.05 Å². The number of piperidine rings is 1. The van der Waals surface area contributed by atoms with Crippen LogP contribution in [0.2, 0.25) is 5.02 Å². The van der Waals surface area contributed by atoms with E-state index in [-0.39, 0.29) is 0 Å². The van der Waals surface area contributed by atoms with Gasteiger partial charge in [-0.25, -0.2) is 9.97 Å². The molecule has 0 bridgehead atoms. The SMILES string of the molecule is Cn1c(-c2cc(N3CCCCC3)ncc2Cl)nc2ccccc21. The van der Waals surface area contributed by atoms with Gasteiger partial charge in [-0.15, -0.1) is 0 Å². The molecule has 1 aliphatic heterocycles. The molecule has 0 radical (unpaired) electrons. The molecule has 3 heterocycles. The van der Waals surface area contributed by atoms with E-state index in [2.05, 4.69) is 26.6 Å². The molecular formula is C18H19ClN4. The standard InChI is InChI=1S/C18H19ClN4/c1-22-16-8-4-3-7-15(16)21-18(22)13-11-17(20-12-14(13)19)23-9-5-2-6-10-23/h3-4,7-8,11-12H,2,5-6,9-10H2,1H3. The van der Waals surface area contributed by atoms with Crippen LogP contribution < -0.4 is 4.90 Å². The van der Waals surface area contributed by atoms with Crippen molar-refractivity contribution in [1.82, 2.24) is 14.5 Å². The van der Waals surface area contributed by atoms with Crippen molar-refractivity contribution in [3.05, 3.63) is 41.6 Å². The number of pyridine rings is 1. The fourth-order valence-electron chi connectivity index (χ4n) is 3.28. The van der Waals surface area contributed by atoms with Crippen molar-refractivity contribution in [2.75, 3.05) is 18.0 Å². The highest BCUT2D eigenvalue weighted by Crippen LogP contribution is 2.32. The van der Waals surface area contributed by atoms with Crippen molar-refractivity contribution in [2.45, 2.75) is 19.3 Å². The lowest BCUT2D eigenvalue weighted by Gasteiger charge is -2.28. The van der Waals surface area contributed by atoms with E-state index in [1.807, 2.05) is 25.2 Å². The van der Waals surface area contributed by atoms with Gasteiger partial charge in [0, 0.05) is 31.9 Å². The smallest absolute Gasteiger partial charge is 0.142 e. The van der Waals surface area contributed by atoms with E-state index in [0.717, 1.165) is 41.3 Å². The number of hydrogen-bond acceptors (Lipinski definition) is 3. The molecule has 1 aromatic carbocycles. The third-order valence-electron chi connectivity index (χ3n) is 4.55. The molecule has 4 rings (SSSR count). The Labute approximate surface area is 140 Å². The van der Waals surface area contributed by atoms with Crippen molar-refractivity contribution in [3.63, 3.8) is 0 Å². The van der Waals surface area contributed by atoms with Gasteiger partial charge in [0.25, 0.3) is 0 Å². The molecule has 118 valence electrons. The van der Waals surface area contributed by atoms with Crippen molar-refractivity contribution < 1.29 is 0 Å². The molecule has 0 atom stereocenters. The molecule has 5 heteroatoms. The molecule has 4 nitrogen and oxygen atoms in total. The van der Waals surface area contributed by atoms with Gasteiger partial charge in [0.15, 0.2) is 0 Å². The minimum Gasteiger partial charge on any atom is -0.357 e. The van der Waals surface area contributed by atoms with Crippen LogP contribution in [0.5, 0.6) is 0 Å². The van der Waals surface area contributed by atoms with E-state index >= 15 is 0 Å². The monoisotopic (exact) mass is 326 g/mol. The van der Waals surface area contributed by atoms with Gasteiger partial charge in [0.1, 0.15) is 11.6 Å². The molecule has 0 saturated carbocycles. The average Bonchev–Trinajstić information content (AvgIpc) is 2.93. The maximum absolute atomic E-state index is 6.43. The third kappa shape index (κ3) is 2.57. The molecule has 2 aromatic heterocycles. The third-order valence-corrected chi connectivity index (χ3v) is 4.85. The maximum atomic E-state index is 6.43. The highest BCUT2D eigenvalue weighted by Gasteiger charge is 2.17. The van der Waals surface area contributed by atoms with Gasteiger partial charge in [-0.05, 0) is 37.5 Å². The Hall–Kier alpha value is -2.07. The zero-order valence-electron chi connectivity index (χ0n) is 13.2. The first-order chi connectivity index (χ1) is 11.2. The topological polar surface area (TPSA) is 34.0 Å². The predicted octanol–water partition coefficient (Wildman–Crippen LogP) is 4.28.